The Morgan fingerprint density at radius 3 is 1.90 bits per heavy atom. The van der Waals surface area contributed by atoms with Gasteiger partial charge in [0.2, 0.25) is 0 Å². The van der Waals surface area contributed by atoms with Gasteiger partial charge in [-0.05, 0) is 62.5 Å². The number of aliphatic hydroxyl groups is 2. The highest BCUT2D eigenvalue weighted by Gasteiger charge is 2.34. The fourth-order valence-corrected chi connectivity index (χ4v) is 6.18. The van der Waals surface area contributed by atoms with Gasteiger partial charge in [-0.1, -0.05) is 66.7 Å². The first-order chi connectivity index (χ1) is 20.0. The van der Waals surface area contributed by atoms with E-state index in [0.29, 0.717) is 22.6 Å². The zero-order valence-electron chi connectivity index (χ0n) is 23.6. The number of fused-ring (bicyclic) bond motifs is 5. The molecule has 1 aliphatic heterocycles. The molecule has 0 saturated heterocycles. The molecule has 5 aromatic rings. The first kappa shape index (κ1) is 26.8. The lowest BCUT2D eigenvalue weighted by molar-refractivity contribution is 0.101. The predicted octanol–water partition coefficient (Wildman–Crippen LogP) is 6.94. The van der Waals surface area contributed by atoms with E-state index in [9.17, 15) is 10.2 Å². The van der Waals surface area contributed by atoms with E-state index in [1.807, 2.05) is 49.5 Å². The smallest absolute Gasteiger partial charge is 0.161 e. The number of hydrogen-bond donors (Lipinski definition) is 2. The lowest BCUT2D eigenvalue weighted by Gasteiger charge is -2.39. The van der Waals surface area contributed by atoms with Crippen molar-refractivity contribution in [1.29, 1.82) is 0 Å². The number of benzene rings is 5. The number of aliphatic hydroxyl groups excluding tert-OH is 2. The Balaban J connectivity index is 1.67. The Bertz CT molecular complexity index is 1730. The molecule has 1 heterocycles. The van der Waals surface area contributed by atoms with Gasteiger partial charge in [-0.25, -0.2) is 0 Å². The highest BCUT2D eigenvalue weighted by Crippen LogP contribution is 2.53. The maximum Gasteiger partial charge on any atom is 0.161 e. The number of anilines is 1. The van der Waals surface area contributed by atoms with Gasteiger partial charge in [0.25, 0.3) is 0 Å². The van der Waals surface area contributed by atoms with Crippen LogP contribution in [0.2, 0.25) is 0 Å². The molecular weight excluding hydrogens is 514 g/mol. The highest BCUT2D eigenvalue weighted by molar-refractivity contribution is 6.12. The average Bonchev–Trinajstić information content (AvgIpc) is 3.03. The molecule has 6 rings (SSSR count). The molecule has 6 nitrogen and oxygen atoms in total. The second-order valence-corrected chi connectivity index (χ2v) is 10.2. The van der Waals surface area contributed by atoms with Crippen LogP contribution in [0.3, 0.4) is 0 Å². The molecular formula is C35H33NO5. The molecule has 208 valence electrons. The number of rotatable bonds is 7. The summed E-state index contributed by atoms with van der Waals surface area (Å²) < 4.78 is 17.5. The second-order valence-electron chi connectivity index (χ2n) is 10.2. The van der Waals surface area contributed by atoms with Crippen molar-refractivity contribution in [3.63, 3.8) is 0 Å². The van der Waals surface area contributed by atoms with Crippen LogP contribution in [0.5, 0.6) is 11.5 Å². The van der Waals surface area contributed by atoms with Crippen molar-refractivity contribution >= 4 is 16.5 Å². The van der Waals surface area contributed by atoms with Gasteiger partial charge < -0.3 is 29.3 Å². The fraction of sp³-hybridized carbons (Fsp3) is 0.200. The largest absolute Gasteiger partial charge is 0.493 e. The molecule has 0 amide bonds. The Labute approximate surface area is 240 Å². The summed E-state index contributed by atoms with van der Waals surface area (Å²) in [5.41, 5.74) is 9.63. The van der Waals surface area contributed by atoms with E-state index >= 15 is 0 Å². The highest BCUT2D eigenvalue weighted by atomic mass is 16.5. The average molecular weight is 548 g/mol. The minimum absolute atomic E-state index is 0.163. The summed E-state index contributed by atoms with van der Waals surface area (Å²) in [5, 5.41) is 22.4. The number of hydrogen-bond acceptors (Lipinski definition) is 6. The summed E-state index contributed by atoms with van der Waals surface area (Å²) in [7, 11) is 6.95. The van der Waals surface area contributed by atoms with Gasteiger partial charge in [0.15, 0.2) is 17.7 Å². The summed E-state index contributed by atoms with van der Waals surface area (Å²) in [6.07, 6.45) is -0.460. The minimum Gasteiger partial charge on any atom is -0.493 e. The van der Waals surface area contributed by atoms with Crippen LogP contribution in [0.1, 0.15) is 22.9 Å². The second kappa shape index (κ2) is 10.9. The topological polar surface area (TPSA) is 71.4 Å². The molecule has 1 atom stereocenters. The zero-order chi connectivity index (χ0) is 28.7. The van der Waals surface area contributed by atoms with Gasteiger partial charge in [0, 0.05) is 30.7 Å². The number of ether oxygens (including phenoxy) is 3. The monoisotopic (exact) mass is 547 g/mol. The molecule has 0 fully saturated rings. The van der Waals surface area contributed by atoms with Crippen molar-refractivity contribution in [1.82, 2.24) is 0 Å². The molecule has 0 aromatic heterocycles. The van der Waals surface area contributed by atoms with Crippen molar-refractivity contribution in [2.45, 2.75) is 19.4 Å². The van der Waals surface area contributed by atoms with Crippen LogP contribution in [0.25, 0.3) is 44.2 Å². The Morgan fingerprint density at radius 2 is 1.29 bits per heavy atom. The van der Waals surface area contributed by atoms with E-state index in [0.717, 1.165) is 55.4 Å². The van der Waals surface area contributed by atoms with Crippen molar-refractivity contribution in [3.05, 3.63) is 102 Å². The third kappa shape index (κ3) is 4.32. The van der Waals surface area contributed by atoms with Crippen molar-refractivity contribution < 1.29 is 24.4 Å². The predicted molar refractivity (Wildman–Crippen MR) is 163 cm³/mol. The van der Waals surface area contributed by atoms with E-state index in [1.54, 1.807) is 21.3 Å². The summed E-state index contributed by atoms with van der Waals surface area (Å²) in [5.74, 6) is 1.29. The van der Waals surface area contributed by atoms with E-state index in [2.05, 4.69) is 47.4 Å². The van der Waals surface area contributed by atoms with Gasteiger partial charge in [0.05, 0.1) is 33.1 Å². The van der Waals surface area contributed by atoms with Crippen LogP contribution in [0.4, 0.5) is 5.69 Å². The fourth-order valence-electron chi connectivity index (χ4n) is 6.18. The molecule has 5 aromatic carbocycles. The molecule has 1 unspecified atom stereocenters. The molecule has 0 spiro atoms. The number of methoxy groups -OCH3 is 3. The van der Waals surface area contributed by atoms with Gasteiger partial charge in [-0.15, -0.1) is 0 Å². The standard InChI is InChI=1S/C35H33NO5/c1-36-34-28(25-15-14-24(19-37)30(20-38)33(25)35(36)41-4)16-26(27-17-31(39-2)32(40-3)18-29(27)34)23-12-10-22(11-13-23)21-8-6-5-7-9-21/h5-18,35,37-38H,19-20H2,1-4H3. The maximum atomic E-state index is 10.4. The normalized spacial score (nSPS) is 14.1. The van der Waals surface area contributed by atoms with E-state index in [4.69, 9.17) is 14.2 Å². The molecule has 0 radical (unpaired) electrons. The lowest BCUT2D eigenvalue weighted by Crippen LogP contribution is -2.31. The quantitative estimate of drug-likeness (QED) is 0.230. The van der Waals surface area contributed by atoms with Crippen LogP contribution >= 0.6 is 0 Å². The molecule has 0 aliphatic carbocycles. The summed E-state index contributed by atoms with van der Waals surface area (Å²) in [4.78, 5) is 2.09. The van der Waals surface area contributed by atoms with E-state index in [-0.39, 0.29) is 13.2 Å². The van der Waals surface area contributed by atoms with Gasteiger partial charge in [0.1, 0.15) is 0 Å². The van der Waals surface area contributed by atoms with Crippen molar-refractivity contribution in [3.8, 4) is 44.9 Å². The molecule has 2 N–H and O–H groups in total. The molecule has 6 heteroatoms. The van der Waals surface area contributed by atoms with Crippen LogP contribution in [0, 0.1) is 0 Å². The summed E-state index contributed by atoms with van der Waals surface area (Å²) >= 11 is 0. The molecule has 1 aliphatic rings. The van der Waals surface area contributed by atoms with E-state index < -0.39 is 6.23 Å². The lowest BCUT2D eigenvalue weighted by atomic mass is 9.83. The first-order valence-corrected chi connectivity index (χ1v) is 13.6. The zero-order valence-corrected chi connectivity index (χ0v) is 23.6. The van der Waals surface area contributed by atoms with Gasteiger partial charge in [-0.2, -0.15) is 0 Å². The van der Waals surface area contributed by atoms with Crippen LogP contribution in [-0.2, 0) is 18.0 Å². The minimum atomic E-state index is -0.460. The summed E-state index contributed by atoms with van der Waals surface area (Å²) in [6.45, 7) is -0.363. The van der Waals surface area contributed by atoms with Gasteiger partial charge in [-0.3, -0.25) is 0 Å². The van der Waals surface area contributed by atoms with Crippen LogP contribution < -0.4 is 14.4 Å². The number of nitrogens with zero attached hydrogens (tertiary/aromatic N) is 1. The molecule has 0 saturated carbocycles. The third-order valence-electron chi connectivity index (χ3n) is 8.16. The van der Waals surface area contributed by atoms with Crippen molar-refractivity contribution in [2.75, 3.05) is 33.3 Å². The van der Waals surface area contributed by atoms with Crippen molar-refractivity contribution in [2.24, 2.45) is 0 Å². The Morgan fingerprint density at radius 1 is 0.659 bits per heavy atom. The van der Waals surface area contributed by atoms with Crippen LogP contribution in [0.15, 0.2) is 84.9 Å². The first-order valence-electron chi connectivity index (χ1n) is 13.6. The van der Waals surface area contributed by atoms with E-state index in [1.165, 1.54) is 0 Å². The Hall–Kier alpha value is -4.36. The Kier molecular flexibility index (Phi) is 7.14. The molecule has 0 bridgehead atoms. The third-order valence-corrected chi connectivity index (χ3v) is 8.16. The maximum absolute atomic E-state index is 10.4. The van der Waals surface area contributed by atoms with Crippen LogP contribution in [-0.4, -0.2) is 38.6 Å². The SMILES string of the molecule is COc1cc2c(-c3ccc(-c4ccccc4)cc3)cc3c(c2cc1OC)N(C)C(OC)c1c-3ccc(CO)c1CO. The van der Waals surface area contributed by atoms with Gasteiger partial charge >= 0.3 is 0 Å². The molecule has 41 heavy (non-hydrogen) atoms. The summed E-state index contributed by atoms with van der Waals surface area (Å²) in [6, 6.07) is 29.1.